The molecule has 0 aliphatic carbocycles. The Hall–Kier alpha value is -3.12. The molecule has 0 aliphatic rings. The van der Waals surface area contributed by atoms with Crippen LogP contribution in [0, 0.1) is 0 Å². The van der Waals surface area contributed by atoms with Crippen LogP contribution in [0.5, 0.6) is 0 Å². The molecule has 2 amide bonds. The van der Waals surface area contributed by atoms with Gasteiger partial charge in [-0.2, -0.15) is 0 Å². The van der Waals surface area contributed by atoms with Gasteiger partial charge in [0.05, 0.1) is 17.8 Å². The average Bonchev–Trinajstić information content (AvgIpc) is 3.18. The van der Waals surface area contributed by atoms with Crippen LogP contribution >= 0.6 is 12.4 Å². The summed E-state index contributed by atoms with van der Waals surface area (Å²) in [6.45, 7) is 6.56. The molecule has 2 aromatic carbocycles. The van der Waals surface area contributed by atoms with Gasteiger partial charge < -0.3 is 10.7 Å². The highest BCUT2D eigenvalue weighted by molar-refractivity contribution is 6.10. The number of aromatic amines is 1. The molecule has 1 aromatic heterocycles. The van der Waals surface area contributed by atoms with Crippen LogP contribution < -0.4 is 10.6 Å². The predicted octanol–water partition coefficient (Wildman–Crippen LogP) is 4.07. The maximum Gasteiger partial charge on any atom is 0.258 e. The summed E-state index contributed by atoms with van der Waals surface area (Å²) >= 11 is 0. The third kappa shape index (κ3) is 5.03. The van der Waals surface area contributed by atoms with E-state index in [-0.39, 0.29) is 35.8 Å². The first-order valence-corrected chi connectivity index (χ1v) is 9.07. The van der Waals surface area contributed by atoms with Gasteiger partial charge in [-0.15, -0.1) is 12.4 Å². The number of imidazole rings is 1. The van der Waals surface area contributed by atoms with Gasteiger partial charge in [0.2, 0.25) is 0 Å². The summed E-state index contributed by atoms with van der Waals surface area (Å²) in [7, 11) is 0. The Labute approximate surface area is 176 Å². The van der Waals surface area contributed by atoms with Gasteiger partial charge in [-0.1, -0.05) is 45.0 Å². The number of nitrogens with zero attached hydrogens (tertiary/aromatic N) is 2. The second-order valence-electron chi connectivity index (χ2n) is 7.64. The smallest absolute Gasteiger partial charge is 0.258 e. The summed E-state index contributed by atoms with van der Waals surface area (Å²) < 4.78 is 0. The van der Waals surface area contributed by atoms with E-state index in [1.807, 2.05) is 24.3 Å². The molecule has 0 bridgehead atoms. The van der Waals surface area contributed by atoms with Gasteiger partial charge in [0.15, 0.2) is 0 Å². The minimum Gasteiger partial charge on any atom is -0.366 e. The third-order valence-corrected chi connectivity index (χ3v) is 4.57. The second kappa shape index (κ2) is 8.92. The van der Waals surface area contributed by atoms with E-state index in [1.54, 1.807) is 36.7 Å². The summed E-state index contributed by atoms with van der Waals surface area (Å²) in [5.41, 5.74) is 7.93. The molecule has 6 nitrogen and oxygen atoms in total. The Morgan fingerprint density at radius 3 is 2.28 bits per heavy atom. The molecule has 0 spiro atoms. The number of carbonyl (C=O) groups is 2. The van der Waals surface area contributed by atoms with Crippen LogP contribution in [0.4, 0.5) is 5.69 Å². The van der Waals surface area contributed by atoms with E-state index in [0.717, 1.165) is 5.56 Å². The van der Waals surface area contributed by atoms with Gasteiger partial charge in [0.25, 0.3) is 11.8 Å². The number of rotatable bonds is 5. The van der Waals surface area contributed by atoms with Gasteiger partial charge in [-0.25, -0.2) is 4.98 Å². The standard InChI is InChI=1S/C22H24N4O2.ClH/c1-22(2,3)16-10-8-15(9-11-16)21(28)26(14-19-24-12-13-25-19)18-7-5-4-6-17(18)20(23)27;/h4-13H,14H2,1-3H3,(H2,23,27)(H,24,25);1H. The van der Waals surface area contributed by atoms with Crippen LogP contribution in [0.1, 0.15) is 52.9 Å². The number of primary amides is 1. The summed E-state index contributed by atoms with van der Waals surface area (Å²) in [6, 6.07) is 14.4. The molecule has 3 rings (SSSR count). The van der Waals surface area contributed by atoms with Crippen LogP contribution in [-0.4, -0.2) is 21.8 Å². The molecule has 0 saturated heterocycles. The van der Waals surface area contributed by atoms with Gasteiger partial charge in [0.1, 0.15) is 5.82 Å². The molecule has 0 radical (unpaired) electrons. The van der Waals surface area contributed by atoms with Crippen LogP contribution in [0.15, 0.2) is 60.9 Å². The lowest BCUT2D eigenvalue weighted by Crippen LogP contribution is -2.33. The number of nitrogens with one attached hydrogen (secondary N) is 1. The Balaban J connectivity index is 0.00000300. The molecule has 29 heavy (non-hydrogen) atoms. The number of H-pyrrole nitrogens is 1. The number of aromatic nitrogens is 2. The molecule has 0 saturated carbocycles. The van der Waals surface area contributed by atoms with Gasteiger partial charge in [-0.05, 0) is 35.2 Å². The van der Waals surface area contributed by atoms with Crippen molar-refractivity contribution in [2.75, 3.05) is 4.90 Å². The van der Waals surface area contributed by atoms with Gasteiger partial charge in [-0.3, -0.25) is 14.5 Å². The molecule has 0 fully saturated rings. The Morgan fingerprint density at radius 2 is 1.72 bits per heavy atom. The molecular formula is C22H25ClN4O2. The number of para-hydroxylation sites is 1. The lowest BCUT2D eigenvalue weighted by molar-refractivity contribution is 0.0984. The number of hydrogen-bond donors (Lipinski definition) is 2. The summed E-state index contributed by atoms with van der Waals surface area (Å²) in [5, 5.41) is 0. The molecule has 0 unspecified atom stereocenters. The van der Waals surface area contributed by atoms with Crippen molar-refractivity contribution < 1.29 is 9.59 Å². The van der Waals surface area contributed by atoms with E-state index in [1.165, 1.54) is 4.90 Å². The van der Waals surface area contributed by atoms with E-state index < -0.39 is 5.91 Å². The van der Waals surface area contributed by atoms with E-state index in [2.05, 4.69) is 30.7 Å². The highest BCUT2D eigenvalue weighted by Gasteiger charge is 2.23. The zero-order valence-corrected chi connectivity index (χ0v) is 17.5. The Kier molecular flexibility index (Phi) is 6.82. The first-order chi connectivity index (χ1) is 13.3. The first kappa shape index (κ1) is 22.2. The van der Waals surface area contributed by atoms with Crippen LogP contribution in [0.25, 0.3) is 0 Å². The quantitative estimate of drug-likeness (QED) is 0.661. The largest absolute Gasteiger partial charge is 0.366 e. The fraction of sp³-hybridized carbons (Fsp3) is 0.227. The summed E-state index contributed by atoms with van der Waals surface area (Å²) in [5.74, 6) is -0.208. The molecule has 1 heterocycles. The van der Waals surface area contributed by atoms with Crippen molar-refractivity contribution in [2.45, 2.75) is 32.7 Å². The van der Waals surface area contributed by atoms with Gasteiger partial charge >= 0.3 is 0 Å². The lowest BCUT2D eigenvalue weighted by atomic mass is 9.86. The highest BCUT2D eigenvalue weighted by atomic mass is 35.5. The van der Waals surface area contributed by atoms with Crippen molar-refractivity contribution in [3.63, 3.8) is 0 Å². The fourth-order valence-electron chi connectivity index (χ4n) is 2.99. The van der Waals surface area contributed by atoms with Crippen LogP contribution in [0.2, 0.25) is 0 Å². The first-order valence-electron chi connectivity index (χ1n) is 9.07. The van der Waals surface area contributed by atoms with Crippen molar-refractivity contribution in [3.8, 4) is 0 Å². The number of halogens is 1. The second-order valence-corrected chi connectivity index (χ2v) is 7.64. The minimum atomic E-state index is -0.587. The monoisotopic (exact) mass is 412 g/mol. The van der Waals surface area contributed by atoms with E-state index in [9.17, 15) is 9.59 Å². The number of nitrogens with two attached hydrogens (primary N) is 1. The average molecular weight is 413 g/mol. The number of hydrogen-bond acceptors (Lipinski definition) is 3. The van der Waals surface area contributed by atoms with E-state index >= 15 is 0 Å². The number of benzene rings is 2. The summed E-state index contributed by atoms with van der Waals surface area (Å²) in [4.78, 5) is 34.0. The fourth-order valence-corrected chi connectivity index (χ4v) is 2.99. The number of amides is 2. The van der Waals surface area contributed by atoms with Crippen LogP contribution in [0.3, 0.4) is 0 Å². The van der Waals surface area contributed by atoms with Crippen molar-refractivity contribution in [1.82, 2.24) is 9.97 Å². The molecule has 3 aromatic rings. The van der Waals surface area contributed by atoms with E-state index in [4.69, 9.17) is 5.73 Å². The molecule has 152 valence electrons. The van der Waals surface area contributed by atoms with E-state index in [0.29, 0.717) is 17.1 Å². The topological polar surface area (TPSA) is 92.1 Å². The van der Waals surface area contributed by atoms with Gasteiger partial charge in [0, 0.05) is 18.0 Å². The highest BCUT2D eigenvalue weighted by Crippen LogP contribution is 2.26. The molecule has 3 N–H and O–H groups in total. The molecule has 0 aliphatic heterocycles. The van der Waals surface area contributed by atoms with Crippen molar-refractivity contribution in [2.24, 2.45) is 5.73 Å². The molecular weight excluding hydrogens is 388 g/mol. The maximum absolute atomic E-state index is 13.3. The SMILES string of the molecule is CC(C)(C)c1ccc(C(=O)N(Cc2ncc[nH]2)c2ccccc2C(N)=O)cc1.Cl. The number of anilines is 1. The normalized spacial score (nSPS) is 10.9. The zero-order chi connectivity index (χ0) is 20.3. The lowest BCUT2D eigenvalue weighted by Gasteiger charge is -2.24. The third-order valence-electron chi connectivity index (χ3n) is 4.57. The number of carbonyl (C=O) groups excluding carboxylic acids is 2. The maximum atomic E-state index is 13.3. The van der Waals surface area contributed by atoms with Crippen molar-refractivity contribution in [3.05, 3.63) is 83.4 Å². The Morgan fingerprint density at radius 1 is 1.07 bits per heavy atom. The zero-order valence-electron chi connectivity index (χ0n) is 16.7. The van der Waals surface area contributed by atoms with Crippen molar-refractivity contribution >= 4 is 29.9 Å². The molecule has 7 heteroatoms. The minimum absolute atomic E-state index is 0. The predicted molar refractivity (Wildman–Crippen MR) is 116 cm³/mol. The Bertz CT molecular complexity index is 977. The van der Waals surface area contributed by atoms with Crippen LogP contribution in [-0.2, 0) is 12.0 Å². The summed E-state index contributed by atoms with van der Waals surface area (Å²) in [6.07, 6.45) is 3.31. The molecule has 0 atom stereocenters. The van der Waals surface area contributed by atoms with Crippen molar-refractivity contribution in [1.29, 1.82) is 0 Å².